The van der Waals surface area contributed by atoms with Gasteiger partial charge in [0.25, 0.3) is 0 Å². The maximum atomic E-state index is 15.0. The first-order valence-corrected chi connectivity index (χ1v) is 19.9. The maximum absolute atomic E-state index is 15.0. The summed E-state index contributed by atoms with van der Waals surface area (Å²) in [7, 11) is 1.53. The van der Waals surface area contributed by atoms with Crippen molar-refractivity contribution in [2.45, 2.75) is 74.5 Å². The molecule has 290 valence electrons. The van der Waals surface area contributed by atoms with Gasteiger partial charge in [0.1, 0.15) is 17.9 Å². The van der Waals surface area contributed by atoms with E-state index in [2.05, 4.69) is 33.5 Å². The summed E-state index contributed by atoms with van der Waals surface area (Å²) in [4.78, 5) is 33.7. The number of phenolic OH excluding ortho intramolecular Hbond substituents is 1. The molecule has 2 fully saturated rings. The highest BCUT2D eigenvalue weighted by Crippen LogP contribution is 2.64. The fraction of sp³-hybridized carbons (Fsp3) is 0.439. The van der Waals surface area contributed by atoms with Crippen molar-refractivity contribution in [2.75, 3.05) is 45.1 Å². The van der Waals surface area contributed by atoms with Gasteiger partial charge in [-0.2, -0.15) is 5.26 Å². The number of aryl methyl sites for hydroxylation is 1. The van der Waals surface area contributed by atoms with Crippen molar-refractivity contribution in [1.29, 1.82) is 5.26 Å². The minimum Gasteiger partial charge on any atom is -0.504 e. The number of H-pyrrole nitrogens is 1. The molecule has 8 aliphatic heterocycles. The number of nitriles is 1. The second-order valence-electron chi connectivity index (χ2n) is 15.9. The molecule has 8 aliphatic rings. The summed E-state index contributed by atoms with van der Waals surface area (Å²) in [5.41, 5.74) is 11.3. The predicted octanol–water partition coefficient (Wildman–Crippen LogP) is 4.56. The van der Waals surface area contributed by atoms with Gasteiger partial charge in [-0.05, 0) is 54.7 Å². The van der Waals surface area contributed by atoms with Gasteiger partial charge in [-0.3, -0.25) is 15.0 Å². The molecule has 4 bridgehead atoms. The number of rotatable bonds is 2. The molecule has 6 N–H and O–H groups in total. The Hall–Kier alpha value is -5.14. The number of phenols is 1. The standard InChI is InChI=1S/C41H42N6O8S/c1-17-8-21-10-40(13-42)14-44-30(27(21)32(49)33(17)51-5)31-37-29-28(36-35(53-16-54-36)19(3)34(29)55-20(4)48)25(47(31)40)12-52-39(50)41(15-56-37)38-26(18(2)11-45-41)23-9-22(43)6-7-24(23)46-38/h6-9,18,25,30-31,37,44-46,49H,10-12,14-16,43H2,1-5H3/t18?,25-,30+,31+,37+,40-,41+/m0/s1. The second-order valence-corrected chi connectivity index (χ2v) is 17.0. The van der Waals surface area contributed by atoms with Crippen molar-refractivity contribution in [3.8, 4) is 34.8 Å². The van der Waals surface area contributed by atoms with E-state index in [4.69, 9.17) is 29.4 Å². The Morgan fingerprint density at radius 3 is 2.70 bits per heavy atom. The van der Waals surface area contributed by atoms with Crippen LogP contribution in [0.5, 0.6) is 28.7 Å². The number of methoxy groups -OCH3 is 1. The van der Waals surface area contributed by atoms with Gasteiger partial charge < -0.3 is 44.8 Å². The van der Waals surface area contributed by atoms with Crippen LogP contribution >= 0.6 is 11.8 Å². The molecule has 2 unspecified atom stereocenters. The molecular weight excluding hydrogens is 737 g/mol. The molecule has 0 saturated carbocycles. The van der Waals surface area contributed by atoms with Gasteiger partial charge in [-0.25, -0.2) is 4.79 Å². The molecule has 3 aromatic carbocycles. The highest BCUT2D eigenvalue weighted by molar-refractivity contribution is 7.99. The molecule has 2 saturated heterocycles. The van der Waals surface area contributed by atoms with Crippen molar-refractivity contribution in [1.82, 2.24) is 20.5 Å². The third-order valence-corrected chi connectivity index (χ3v) is 14.3. The van der Waals surface area contributed by atoms with Gasteiger partial charge in [0.05, 0.1) is 36.2 Å². The normalized spacial score (nSPS) is 30.8. The smallest absolute Gasteiger partial charge is 0.333 e. The lowest BCUT2D eigenvalue weighted by Crippen LogP contribution is -2.69. The predicted molar refractivity (Wildman–Crippen MR) is 206 cm³/mol. The Labute approximate surface area is 326 Å². The van der Waals surface area contributed by atoms with Crippen LogP contribution in [0, 0.1) is 25.2 Å². The zero-order valence-corrected chi connectivity index (χ0v) is 32.4. The molecule has 0 radical (unpaired) electrons. The lowest BCUT2D eigenvalue weighted by Gasteiger charge is -2.58. The summed E-state index contributed by atoms with van der Waals surface area (Å²) in [6.07, 6.45) is 0.279. The zero-order valence-electron chi connectivity index (χ0n) is 31.6. The lowest BCUT2D eigenvalue weighted by molar-refractivity contribution is -0.156. The van der Waals surface area contributed by atoms with Gasteiger partial charge in [-0.15, -0.1) is 11.8 Å². The number of thioether (sulfide) groups is 1. The first kappa shape index (κ1) is 35.3. The zero-order chi connectivity index (χ0) is 39.0. The number of ether oxygens (including phenoxy) is 5. The van der Waals surface area contributed by atoms with E-state index in [0.29, 0.717) is 57.5 Å². The van der Waals surface area contributed by atoms with E-state index < -0.39 is 46.4 Å². The van der Waals surface area contributed by atoms with Gasteiger partial charge in [0, 0.05) is 77.1 Å². The Kier molecular flexibility index (Phi) is 7.67. The van der Waals surface area contributed by atoms with Gasteiger partial charge in [-0.1, -0.05) is 13.0 Å². The Morgan fingerprint density at radius 2 is 1.93 bits per heavy atom. The van der Waals surface area contributed by atoms with Crippen molar-refractivity contribution in [2.24, 2.45) is 0 Å². The van der Waals surface area contributed by atoms with Crippen molar-refractivity contribution in [3.63, 3.8) is 0 Å². The number of aromatic hydroxyl groups is 1. The van der Waals surface area contributed by atoms with E-state index in [1.54, 1.807) is 0 Å². The number of benzene rings is 3. The van der Waals surface area contributed by atoms with Crippen molar-refractivity contribution >= 4 is 40.3 Å². The van der Waals surface area contributed by atoms with Crippen LogP contribution in [0.2, 0.25) is 0 Å². The monoisotopic (exact) mass is 778 g/mol. The van der Waals surface area contributed by atoms with Crippen LogP contribution < -0.4 is 35.3 Å². The number of anilines is 1. The van der Waals surface area contributed by atoms with Gasteiger partial charge >= 0.3 is 11.9 Å². The maximum Gasteiger partial charge on any atom is 0.333 e. The summed E-state index contributed by atoms with van der Waals surface area (Å²) in [5.74, 6) is 0.959. The fourth-order valence-electron chi connectivity index (χ4n) is 10.6. The van der Waals surface area contributed by atoms with Crippen LogP contribution in [0.1, 0.15) is 81.7 Å². The number of aromatic nitrogens is 1. The van der Waals surface area contributed by atoms with Crippen LogP contribution in [-0.2, 0) is 26.3 Å². The molecule has 1 aromatic heterocycles. The average molecular weight is 779 g/mol. The van der Waals surface area contributed by atoms with E-state index in [1.165, 1.54) is 25.8 Å². The summed E-state index contributed by atoms with van der Waals surface area (Å²) < 4.78 is 30.7. The molecule has 56 heavy (non-hydrogen) atoms. The molecular formula is C41H42N6O8S. The second kappa shape index (κ2) is 12.2. The lowest BCUT2D eigenvalue weighted by atomic mass is 9.76. The minimum absolute atomic E-state index is 0.0173. The summed E-state index contributed by atoms with van der Waals surface area (Å²) in [6, 6.07) is 8.62. The molecule has 12 rings (SSSR count). The summed E-state index contributed by atoms with van der Waals surface area (Å²) >= 11 is 1.52. The van der Waals surface area contributed by atoms with Crippen LogP contribution in [0.15, 0.2) is 24.3 Å². The van der Waals surface area contributed by atoms with Crippen LogP contribution in [0.3, 0.4) is 0 Å². The molecule has 15 heteroatoms. The van der Waals surface area contributed by atoms with E-state index in [-0.39, 0.29) is 43.8 Å². The molecule has 1 spiro atoms. The van der Waals surface area contributed by atoms with Crippen LogP contribution in [0.4, 0.5) is 5.69 Å². The highest BCUT2D eigenvalue weighted by Gasteiger charge is 2.63. The average Bonchev–Trinajstić information content (AvgIpc) is 3.75. The number of nitrogens with zero attached hydrogens (tertiary/aromatic N) is 2. The van der Waals surface area contributed by atoms with E-state index in [1.807, 2.05) is 38.1 Å². The number of nitrogen functional groups attached to an aromatic ring is 1. The first-order valence-electron chi connectivity index (χ1n) is 18.8. The number of piperazine rings is 1. The molecule has 0 amide bonds. The number of carbonyl (C=O) groups excluding carboxylic acids is 2. The largest absolute Gasteiger partial charge is 0.504 e. The summed E-state index contributed by atoms with van der Waals surface area (Å²) in [5, 5.41) is 31.1. The molecule has 0 aliphatic carbocycles. The highest BCUT2D eigenvalue weighted by atomic mass is 32.2. The van der Waals surface area contributed by atoms with E-state index in [9.17, 15) is 20.0 Å². The van der Waals surface area contributed by atoms with E-state index >= 15 is 0 Å². The Balaban J connectivity index is 1.25. The number of hydrogen-bond donors (Lipinski definition) is 5. The van der Waals surface area contributed by atoms with Gasteiger partial charge in [0.15, 0.2) is 28.5 Å². The first-order chi connectivity index (χ1) is 26.9. The number of fused-ring (bicyclic) bond motifs is 8. The van der Waals surface area contributed by atoms with Gasteiger partial charge in [0.2, 0.25) is 6.79 Å². The van der Waals surface area contributed by atoms with Crippen LogP contribution in [-0.4, -0.2) is 77.9 Å². The molecule has 8 atom stereocenters. The topological polar surface area (TPSA) is 193 Å². The number of nitrogens with one attached hydrogen (secondary N) is 3. The number of esters is 2. The molecule has 9 heterocycles. The quantitative estimate of drug-likeness (QED) is 0.108. The third kappa shape index (κ3) is 4.55. The number of nitrogens with two attached hydrogens (primary N) is 1. The molecule has 4 aromatic rings. The minimum atomic E-state index is -1.31. The Bertz CT molecular complexity index is 2460. The van der Waals surface area contributed by atoms with Crippen LogP contribution in [0.25, 0.3) is 10.9 Å². The Morgan fingerprint density at radius 1 is 1.12 bits per heavy atom. The van der Waals surface area contributed by atoms with E-state index in [0.717, 1.165) is 33.3 Å². The number of hydrogen-bond acceptors (Lipinski definition) is 14. The number of aromatic amines is 1. The molecule has 14 nitrogen and oxygen atoms in total. The van der Waals surface area contributed by atoms with Crippen molar-refractivity contribution in [3.05, 3.63) is 68.9 Å². The van der Waals surface area contributed by atoms with Crippen molar-refractivity contribution < 1.29 is 38.4 Å². The SMILES string of the molecule is COc1c(C)cc2c(c1O)[C@H]1NC[C@@](C#N)(C2)N2[C@H]1[C@@H]1SC[C@]3(NCC(C)c4c3[nH]c3ccc(N)cc43)C(=O)OC[C@H]2c2c3c(c(C)c(OC(C)=O)c21)OCO3. The number of carbonyl (C=O) groups is 2. The third-order valence-electron chi connectivity index (χ3n) is 12.8. The summed E-state index contributed by atoms with van der Waals surface area (Å²) in [6.45, 7) is 7.78. The fourth-order valence-corrected chi connectivity index (χ4v) is 12.2.